The summed E-state index contributed by atoms with van der Waals surface area (Å²) < 4.78 is 0. The minimum absolute atomic E-state index is 0.134. The molecule has 0 atom stereocenters. The summed E-state index contributed by atoms with van der Waals surface area (Å²) in [7, 11) is 0. The Hall–Kier alpha value is -1.86. The molecule has 0 aliphatic carbocycles. The van der Waals surface area contributed by atoms with E-state index < -0.39 is 0 Å². The third kappa shape index (κ3) is 4.19. The molecule has 0 radical (unpaired) electrons. The van der Waals surface area contributed by atoms with Crippen LogP contribution in [-0.4, -0.2) is 23.0 Å². The Labute approximate surface area is 108 Å². The van der Waals surface area contributed by atoms with Crippen molar-refractivity contribution in [1.29, 1.82) is 0 Å². The van der Waals surface area contributed by atoms with Crippen molar-refractivity contribution in [2.45, 2.75) is 32.7 Å². The summed E-state index contributed by atoms with van der Waals surface area (Å²) in [6.07, 6.45) is 4.01. The smallest absolute Gasteiger partial charge is 0.253 e. The second-order valence-electron chi connectivity index (χ2n) is 4.66. The topological polar surface area (TPSA) is 68.0 Å². The van der Waals surface area contributed by atoms with Gasteiger partial charge in [0.25, 0.3) is 5.91 Å². The summed E-state index contributed by atoms with van der Waals surface area (Å²) in [4.78, 5) is 16.0. The predicted molar refractivity (Wildman–Crippen MR) is 72.0 cm³/mol. The number of carbonyl (C=O) groups is 1. The number of aromatic nitrogens is 1. The average Bonchev–Trinajstić information content (AvgIpc) is 2.36. The summed E-state index contributed by atoms with van der Waals surface area (Å²) in [5.74, 6) is 5.46. The number of nitrogens with zero attached hydrogens (tertiary/aromatic N) is 1. The highest BCUT2D eigenvalue weighted by Crippen LogP contribution is 2.09. The third-order valence-electron chi connectivity index (χ3n) is 2.67. The molecule has 0 aliphatic rings. The largest absolute Gasteiger partial charge is 0.347 e. The van der Waals surface area contributed by atoms with E-state index in [1.54, 1.807) is 12.3 Å². The quantitative estimate of drug-likeness (QED) is 0.789. The van der Waals surface area contributed by atoms with E-state index >= 15 is 0 Å². The van der Waals surface area contributed by atoms with E-state index in [9.17, 15) is 4.79 Å². The van der Waals surface area contributed by atoms with Crippen molar-refractivity contribution in [2.75, 3.05) is 6.54 Å². The number of hydrogen-bond acceptors (Lipinski definition) is 3. The molecule has 1 rings (SSSR count). The molecule has 0 aliphatic heterocycles. The zero-order chi connectivity index (χ0) is 13.6. The lowest BCUT2D eigenvalue weighted by Crippen LogP contribution is -2.42. The van der Waals surface area contributed by atoms with Crippen LogP contribution in [0.1, 0.15) is 43.1 Å². The minimum atomic E-state index is -0.226. The number of nitrogens with one attached hydrogen (secondary N) is 1. The highest BCUT2D eigenvalue weighted by Gasteiger charge is 2.18. The van der Waals surface area contributed by atoms with Crippen LogP contribution in [0.15, 0.2) is 18.5 Å². The lowest BCUT2D eigenvalue weighted by molar-refractivity contribution is 0.0911. The summed E-state index contributed by atoms with van der Waals surface area (Å²) in [6.45, 7) is 6.29. The lowest BCUT2D eigenvalue weighted by Gasteiger charge is -2.24. The van der Waals surface area contributed by atoms with E-state index in [1.807, 2.05) is 20.8 Å². The third-order valence-corrected chi connectivity index (χ3v) is 2.67. The fraction of sp³-hybridized carbons (Fsp3) is 0.429. The molecule has 0 saturated heterocycles. The zero-order valence-corrected chi connectivity index (χ0v) is 11.1. The fourth-order valence-corrected chi connectivity index (χ4v) is 1.25. The normalized spacial score (nSPS) is 10.4. The zero-order valence-electron chi connectivity index (χ0n) is 11.1. The molecule has 0 fully saturated rings. The van der Waals surface area contributed by atoms with Gasteiger partial charge < -0.3 is 11.1 Å². The maximum atomic E-state index is 12.0. The Balaban J connectivity index is 2.87. The molecule has 1 aromatic heterocycles. The summed E-state index contributed by atoms with van der Waals surface area (Å²) in [6, 6.07) is 1.72. The van der Waals surface area contributed by atoms with E-state index in [-0.39, 0.29) is 11.4 Å². The number of pyridine rings is 1. The molecule has 0 aromatic carbocycles. The van der Waals surface area contributed by atoms with E-state index in [2.05, 4.69) is 22.1 Å². The van der Waals surface area contributed by atoms with Gasteiger partial charge in [-0.3, -0.25) is 9.78 Å². The van der Waals surface area contributed by atoms with Gasteiger partial charge in [0.15, 0.2) is 0 Å². The lowest BCUT2D eigenvalue weighted by atomic mass is 10.0. The van der Waals surface area contributed by atoms with Gasteiger partial charge in [-0.15, -0.1) is 0 Å². The van der Waals surface area contributed by atoms with E-state index in [4.69, 9.17) is 5.73 Å². The van der Waals surface area contributed by atoms with Gasteiger partial charge in [0.1, 0.15) is 0 Å². The molecule has 1 aromatic rings. The molecule has 3 N–H and O–H groups in total. The monoisotopic (exact) mass is 245 g/mol. The molecule has 1 heterocycles. The Morgan fingerprint density at radius 2 is 2.22 bits per heavy atom. The number of carbonyl (C=O) groups excluding carboxylic acids is 1. The molecule has 0 unspecified atom stereocenters. The van der Waals surface area contributed by atoms with Gasteiger partial charge >= 0.3 is 0 Å². The van der Waals surface area contributed by atoms with Gasteiger partial charge in [0.2, 0.25) is 0 Å². The maximum absolute atomic E-state index is 12.0. The SMILES string of the molecule is CCC(C)(C)NC(=O)c1cncc(C#CCN)c1. The predicted octanol–water partition coefficient (Wildman–Crippen LogP) is 1.31. The molecule has 1 amide bonds. The first-order valence-corrected chi connectivity index (χ1v) is 5.95. The van der Waals surface area contributed by atoms with Crippen LogP contribution in [0.3, 0.4) is 0 Å². The first-order chi connectivity index (χ1) is 8.48. The van der Waals surface area contributed by atoms with Gasteiger partial charge in [-0.1, -0.05) is 18.8 Å². The van der Waals surface area contributed by atoms with Crippen LogP contribution in [0.5, 0.6) is 0 Å². The van der Waals surface area contributed by atoms with Crippen molar-refractivity contribution in [3.05, 3.63) is 29.6 Å². The van der Waals surface area contributed by atoms with E-state index in [0.717, 1.165) is 6.42 Å². The van der Waals surface area contributed by atoms with Gasteiger partial charge in [-0.05, 0) is 26.3 Å². The Morgan fingerprint density at radius 1 is 1.50 bits per heavy atom. The second-order valence-corrected chi connectivity index (χ2v) is 4.66. The van der Waals surface area contributed by atoms with Crippen molar-refractivity contribution >= 4 is 5.91 Å². The number of nitrogens with two attached hydrogens (primary N) is 1. The minimum Gasteiger partial charge on any atom is -0.347 e. The highest BCUT2D eigenvalue weighted by atomic mass is 16.1. The second kappa shape index (κ2) is 6.18. The standard InChI is InChI=1S/C14H19N3O/c1-4-14(2,3)17-13(18)12-8-11(6-5-7-15)9-16-10-12/h8-10H,4,7,15H2,1-3H3,(H,17,18). The Bertz CT molecular complexity index is 483. The molecule has 0 saturated carbocycles. The first kappa shape index (κ1) is 14.2. The van der Waals surface area contributed by atoms with Crippen LogP contribution in [0.4, 0.5) is 0 Å². The molecular weight excluding hydrogens is 226 g/mol. The molecule has 0 spiro atoms. The molecule has 96 valence electrons. The van der Waals surface area contributed by atoms with Crippen LogP contribution < -0.4 is 11.1 Å². The van der Waals surface area contributed by atoms with Gasteiger partial charge in [-0.2, -0.15) is 0 Å². The Morgan fingerprint density at radius 3 is 2.83 bits per heavy atom. The van der Waals surface area contributed by atoms with Crippen molar-refractivity contribution in [3.63, 3.8) is 0 Å². The average molecular weight is 245 g/mol. The van der Waals surface area contributed by atoms with Crippen molar-refractivity contribution in [1.82, 2.24) is 10.3 Å². The van der Waals surface area contributed by atoms with Crippen LogP contribution >= 0.6 is 0 Å². The molecular formula is C14H19N3O. The molecule has 4 nitrogen and oxygen atoms in total. The van der Waals surface area contributed by atoms with Crippen molar-refractivity contribution in [3.8, 4) is 11.8 Å². The molecule has 4 heteroatoms. The van der Waals surface area contributed by atoms with Crippen LogP contribution in [0.25, 0.3) is 0 Å². The number of amides is 1. The Kier molecular flexibility index (Phi) is 4.87. The molecule has 0 bridgehead atoms. The van der Waals surface area contributed by atoms with Gasteiger partial charge in [0.05, 0.1) is 12.1 Å². The number of rotatable bonds is 3. The fourth-order valence-electron chi connectivity index (χ4n) is 1.25. The van der Waals surface area contributed by atoms with Gasteiger partial charge in [0, 0.05) is 23.5 Å². The van der Waals surface area contributed by atoms with E-state index in [0.29, 0.717) is 17.7 Å². The maximum Gasteiger partial charge on any atom is 0.253 e. The summed E-state index contributed by atoms with van der Waals surface area (Å²) >= 11 is 0. The highest BCUT2D eigenvalue weighted by molar-refractivity contribution is 5.94. The van der Waals surface area contributed by atoms with Crippen LogP contribution in [0, 0.1) is 11.8 Å². The van der Waals surface area contributed by atoms with Gasteiger partial charge in [-0.25, -0.2) is 0 Å². The van der Waals surface area contributed by atoms with Crippen LogP contribution in [-0.2, 0) is 0 Å². The molecule has 18 heavy (non-hydrogen) atoms. The summed E-state index contributed by atoms with van der Waals surface area (Å²) in [5.41, 5.74) is 6.29. The van der Waals surface area contributed by atoms with Crippen molar-refractivity contribution < 1.29 is 4.79 Å². The van der Waals surface area contributed by atoms with Crippen LogP contribution in [0.2, 0.25) is 0 Å². The van der Waals surface area contributed by atoms with E-state index in [1.165, 1.54) is 6.20 Å². The first-order valence-electron chi connectivity index (χ1n) is 5.95. The number of hydrogen-bond donors (Lipinski definition) is 2. The summed E-state index contributed by atoms with van der Waals surface area (Å²) in [5, 5.41) is 2.95. The van der Waals surface area contributed by atoms with Crippen molar-refractivity contribution in [2.24, 2.45) is 5.73 Å².